The maximum atomic E-state index is 9.78. The van der Waals surface area contributed by atoms with Gasteiger partial charge in [0, 0.05) is 37.2 Å². The second kappa shape index (κ2) is 5.18. The third kappa shape index (κ3) is 1.90. The number of hydrogen-bond acceptors (Lipinski definition) is 5. The Bertz CT molecular complexity index is 728. The summed E-state index contributed by atoms with van der Waals surface area (Å²) in [7, 11) is 0. The predicted octanol–water partition coefficient (Wildman–Crippen LogP) is 1.81. The lowest BCUT2D eigenvalue weighted by atomic mass is 9.74. The first-order chi connectivity index (χ1) is 11.7. The van der Waals surface area contributed by atoms with Crippen LogP contribution in [0.1, 0.15) is 42.5 Å². The van der Waals surface area contributed by atoms with Gasteiger partial charge in [0.15, 0.2) is 0 Å². The molecule has 2 bridgehead atoms. The van der Waals surface area contributed by atoms with Crippen LogP contribution in [0, 0.1) is 23.2 Å². The van der Waals surface area contributed by atoms with Crippen molar-refractivity contribution in [1.29, 1.82) is 5.26 Å². The molecule has 0 saturated carbocycles. The number of fused-ring (bicyclic) bond motifs is 2. The fourth-order valence-corrected chi connectivity index (χ4v) is 5.54. The molecule has 0 aromatic carbocycles. The SMILES string of the molecule is N#Cc1cc2c(nc1N1C[C@@H]3[C@H](CO)[C@H]4CC[C@]3(C1)O4)CCCC2. The summed E-state index contributed by atoms with van der Waals surface area (Å²) < 4.78 is 6.31. The van der Waals surface area contributed by atoms with E-state index in [1.165, 1.54) is 24.1 Å². The van der Waals surface area contributed by atoms with Gasteiger partial charge in [-0.25, -0.2) is 4.98 Å². The normalized spacial score (nSPS) is 36.5. The van der Waals surface area contributed by atoms with Crippen molar-refractivity contribution in [3.63, 3.8) is 0 Å². The minimum atomic E-state index is -0.123. The summed E-state index contributed by atoms with van der Waals surface area (Å²) in [5, 5.41) is 19.4. The molecule has 3 fully saturated rings. The van der Waals surface area contributed by atoms with Crippen molar-refractivity contribution in [2.45, 2.75) is 50.2 Å². The second-order valence-corrected chi connectivity index (χ2v) is 7.88. The summed E-state index contributed by atoms with van der Waals surface area (Å²) in [5.41, 5.74) is 3.00. The van der Waals surface area contributed by atoms with E-state index in [1.807, 2.05) is 0 Å². The summed E-state index contributed by atoms with van der Waals surface area (Å²) in [6.07, 6.45) is 6.81. The smallest absolute Gasteiger partial charge is 0.146 e. The molecule has 3 aliphatic heterocycles. The minimum absolute atomic E-state index is 0.123. The van der Waals surface area contributed by atoms with Crippen molar-refractivity contribution in [2.75, 3.05) is 24.6 Å². The first-order valence-electron chi connectivity index (χ1n) is 9.20. The highest BCUT2D eigenvalue weighted by atomic mass is 16.5. The zero-order valence-electron chi connectivity index (χ0n) is 13.9. The van der Waals surface area contributed by atoms with E-state index in [9.17, 15) is 10.4 Å². The minimum Gasteiger partial charge on any atom is -0.396 e. The number of aliphatic hydroxyl groups excluding tert-OH is 1. The van der Waals surface area contributed by atoms with Crippen LogP contribution in [-0.4, -0.2) is 41.5 Å². The van der Waals surface area contributed by atoms with Crippen LogP contribution in [0.2, 0.25) is 0 Å². The Hall–Kier alpha value is -1.64. The number of anilines is 1. The molecule has 1 aromatic rings. The Morgan fingerprint density at radius 2 is 2.29 bits per heavy atom. The number of aryl methyl sites for hydroxylation is 2. The number of nitrogens with zero attached hydrogens (tertiary/aromatic N) is 3. The molecule has 4 aliphatic rings. The van der Waals surface area contributed by atoms with Crippen LogP contribution < -0.4 is 4.90 Å². The lowest BCUT2D eigenvalue weighted by molar-refractivity contribution is 0.0128. The first-order valence-corrected chi connectivity index (χ1v) is 9.20. The molecule has 0 amide bonds. The molecule has 1 aliphatic carbocycles. The van der Waals surface area contributed by atoms with Crippen LogP contribution in [0.4, 0.5) is 5.82 Å². The van der Waals surface area contributed by atoms with E-state index < -0.39 is 0 Å². The van der Waals surface area contributed by atoms with Crippen LogP contribution in [0.3, 0.4) is 0 Å². The third-order valence-corrected chi connectivity index (χ3v) is 6.70. The quantitative estimate of drug-likeness (QED) is 0.898. The maximum absolute atomic E-state index is 9.78. The van der Waals surface area contributed by atoms with Gasteiger partial charge in [-0.3, -0.25) is 0 Å². The highest BCUT2D eigenvalue weighted by Crippen LogP contribution is 2.55. The molecule has 5 rings (SSSR count). The maximum Gasteiger partial charge on any atom is 0.146 e. The van der Waals surface area contributed by atoms with Gasteiger partial charge in [-0.1, -0.05) is 0 Å². The van der Waals surface area contributed by atoms with E-state index in [2.05, 4.69) is 17.0 Å². The molecule has 0 radical (unpaired) electrons. The summed E-state index contributed by atoms with van der Waals surface area (Å²) >= 11 is 0. The van der Waals surface area contributed by atoms with Crippen molar-refractivity contribution in [2.24, 2.45) is 11.8 Å². The van der Waals surface area contributed by atoms with E-state index in [0.29, 0.717) is 11.5 Å². The van der Waals surface area contributed by atoms with Crippen LogP contribution in [0.25, 0.3) is 0 Å². The van der Waals surface area contributed by atoms with Gasteiger partial charge in [0.05, 0.1) is 17.3 Å². The topological polar surface area (TPSA) is 69.4 Å². The Morgan fingerprint density at radius 3 is 3.12 bits per heavy atom. The van der Waals surface area contributed by atoms with Crippen molar-refractivity contribution in [3.8, 4) is 6.07 Å². The standard InChI is InChI=1S/C19H23N3O2/c20-8-13-7-12-3-1-2-4-16(12)21-18(13)22-9-15-14(10-23)17-5-6-19(15,11-22)24-17/h7,14-15,17,23H,1-6,9-11H2/t14-,15+,17+,19+/m0/s1. The molecule has 4 heterocycles. The summed E-state index contributed by atoms with van der Waals surface area (Å²) in [6.45, 7) is 1.86. The third-order valence-electron chi connectivity index (χ3n) is 6.70. The number of ether oxygens (including phenoxy) is 1. The van der Waals surface area contributed by atoms with Crippen molar-refractivity contribution in [1.82, 2.24) is 4.98 Å². The molecule has 24 heavy (non-hydrogen) atoms. The van der Waals surface area contributed by atoms with E-state index >= 15 is 0 Å². The van der Waals surface area contributed by atoms with Gasteiger partial charge in [-0.2, -0.15) is 5.26 Å². The van der Waals surface area contributed by atoms with Gasteiger partial charge < -0.3 is 14.7 Å². The summed E-state index contributed by atoms with van der Waals surface area (Å²) in [5.74, 6) is 1.45. The van der Waals surface area contributed by atoms with Crippen molar-refractivity contribution >= 4 is 5.82 Å². The lowest BCUT2D eigenvalue weighted by Crippen LogP contribution is -2.37. The van der Waals surface area contributed by atoms with E-state index in [-0.39, 0.29) is 24.2 Å². The summed E-state index contributed by atoms with van der Waals surface area (Å²) in [4.78, 5) is 7.16. The van der Waals surface area contributed by atoms with Crippen molar-refractivity contribution in [3.05, 3.63) is 22.9 Å². The highest BCUT2D eigenvalue weighted by molar-refractivity contribution is 5.58. The van der Waals surface area contributed by atoms with Crippen LogP contribution in [-0.2, 0) is 17.6 Å². The predicted molar refractivity (Wildman–Crippen MR) is 88.7 cm³/mol. The number of rotatable bonds is 2. The van der Waals surface area contributed by atoms with Gasteiger partial charge in [0.2, 0.25) is 0 Å². The molecule has 1 N–H and O–H groups in total. The monoisotopic (exact) mass is 325 g/mol. The molecule has 126 valence electrons. The van der Waals surface area contributed by atoms with E-state index in [4.69, 9.17) is 9.72 Å². The van der Waals surface area contributed by atoms with Gasteiger partial charge in [0.1, 0.15) is 11.9 Å². The van der Waals surface area contributed by atoms with Gasteiger partial charge in [-0.15, -0.1) is 0 Å². The number of aliphatic hydroxyl groups is 1. The molecule has 1 aromatic heterocycles. The largest absolute Gasteiger partial charge is 0.396 e. The van der Waals surface area contributed by atoms with E-state index in [0.717, 1.165) is 44.6 Å². The Labute approximate surface area is 142 Å². The molecule has 0 unspecified atom stereocenters. The Balaban J connectivity index is 1.51. The average Bonchev–Trinajstić information content (AvgIpc) is 3.27. The summed E-state index contributed by atoms with van der Waals surface area (Å²) in [6, 6.07) is 4.42. The zero-order chi connectivity index (χ0) is 16.3. The average molecular weight is 325 g/mol. The molecule has 4 atom stereocenters. The Kier molecular flexibility index (Phi) is 3.17. The fraction of sp³-hybridized carbons (Fsp3) is 0.684. The van der Waals surface area contributed by atoms with Gasteiger partial charge in [0.25, 0.3) is 0 Å². The zero-order valence-corrected chi connectivity index (χ0v) is 13.9. The van der Waals surface area contributed by atoms with E-state index in [1.54, 1.807) is 0 Å². The molecular weight excluding hydrogens is 302 g/mol. The van der Waals surface area contributed by atoms with Crippen LogP contribution >= 0.6 is 0 Å². The second-order valence-electron chi connectivity index (χ2n) is 7.88. The van der Waals surface area contributed by atoms with Gasteiger partial charge >= 0.3 is 0 Å². The van der Waals surface area contributed by atoms with Gasteiger partial charge in [-0.05, 0) is 50.2 Å². The fourth-order valence-electron chi connectivity index (χ4n) is 5.54. The van der Waals surface area contributed by atoms with Crippen molar-refractivity contribution < 1.29 is 9.84 Å². The highest BCUT2D eigenvalue weighted by Gasteiger charge is 2.63. The number of hydrogen-bond donors (Lipinski definition) is 1. The molecule has 5 heteroatoms. The molecule has 5 nitrogen and oxygen atoms in total. The number of pyridine rings is 1. The number of nitriles is 1. The Morgan fingerprint density at radius 1 is 1.42 bits per heavy atom. The van der Waals surface area contributed by atoms with Crippen LogP contribution in [0.5, 0.6) is 0 Å². The first kappa shape index (κ1) is 14.7. The number of aromatic nitrogens is 1. The molecule has 1 spiro atoms. The molecular formula is C19H23N3O2. The lowest BCUT2D eigenvalue weighted by Gasteiger charge is -2.27. The molecule has 3 saturated heterocycles. The van der Waals surface area contributed by atoms with Crippen LogP contribution in [0.15, 0.2) is 6.07 Å².